The van der Waals surface area contributed by atoms with Gasteiger partial charge in [0.25, 0.3) is 11.6 Å². The van der Waals surface area contributed by atoms with Crippen LogP contribution in [-0.2, 0) is 0 Å². The number of amides is 1. The molecule has 1 fully saturated rings. The zero-order valence-corrected chi connectivity index (χ0v) is 15.8. The van der Waals surface area contributed by atoms with E-state index in [4.69, 9.17) is 4.74 Å². The first-order valence-electron chi connectivity index (χ1n) is 8.88. The Bertz CT molecular complexity index is 903. The van der Waals surface area contributed by atoms with E-state index in [-0.39, 0.29) is 17.4 Å². The smallest absolute Gasteiger partial charge is 0.293 e. The van der Waals surface area contributed by atoms with Crippen molar-refractivity contribution in [3.63, 3.8) is 0 Å². The number of methoxy groups -OCH3 is 1. The van der Waals surface area contributed by atoms with E-state index in [0.29, 0.717) is 48.7 Å². The van der Waals surface area contributed by atoms with Crippen molar-refractivity contribution >= 4 is 23.1 Å². The third-order valence-corrected chi connectivity index (χ3v) is 4.82. The molecule has 0 radical (unpaired) electrons. The Hall–Kier alpha value is -3.42. The second-order valence-electron chi connectivity index (χ2n) is 6.52. The first-order valence-corrected chi connectivity index (χ1v) is 8.88. The number of carbonyl (C=O) groups excluding carboxylic acids is 2. The molecule has 0 atom stereocenters. The summed E-state index contributed by atoms with van der Waals surface area (Å²) in [6.07, 6.45) is 0. The van der Waals surface area contributed by atoms with Crippen LogP contribution >= 0.6 is 0 Å². The minimum atomic E-state index is -0.476. The summed E-state index contributed by atoms with van der Waals surface area (Å²) in [7, 11) is 1.57. The van der Waals surface area contributed by atoms with Gasteiger partial charge in [-0.25, -0.2) is 0 Å². The Morgan fingerprint density at radius 1 is 1.00 bits per heavy atom. The molecule has 0 N–H and O–H groups in total. The molecule has 3 rings (SSSR count). The number of hydrogen-bond acceptors (Lipinski definition) is 6. The zero-order valence-electron chi connectivity index (χ0n) is 15.8. The van der Waals surface area contributed by atoms with Gasteiger partial charge < -0.3 is 14.5 Å². The molecule has 1 amide bonds. The second kappa shape index (κ2) is 8.08. The molecule has 8 nitrogen and oxygen atoms in total. The van der Waals surface area contributed by atoms with Crippen molar-refractivity contribution in [2.45, 2.75) is 6.92 Å². The molecular formula is C20H21N3O5. The number of piperazine rings is 1. The van der Waals surface area contributed by atoms with Gasteiger partial charge in [-0.2, -0.15) is 0 Å². The number of nitrogens with zero attached hydrogens (tertiary/aromatic N) is 3. The predicted molar refractivity (Wildman–Crippen MR) is 104 cm³/mol. The highest BCUT2D eigenvalue weighted by atomic mass is 16.6. The van der Waals surface area contributed by atoms with Gasteiger partial charge in [-0.15, -0.1) is 0 Å². The first-order chi connectivity index (χ1) is 13.4. The molecule has 0 aromatic heterocycles. The topological polar surface area (TPSA) is 93.0 Å². The van der Waals surface area contributed by atoms with Crippen LogP contribution in [0.5, 0.6) is 5.75 Å². The molecule has 1 aliphatic rings. The standard InChI is InChI=1S/C20H21N3O5/c1-14(24)16-5-8-18(19(13-16)23(26)27)21-9-11-22(12-10-21)20(25)15-3-6-17(28-2)7-4-15/h3-8,13H,9-12H2,1-2H3. The summed E-state index contributed by atoms with van der Waals surface area (Å²) in [5.41, 5.74) is 1.25. The van der Waals surface area contributed by atoms with Gasteiger partial charge in [-0.3, -0.25) is 19.7 Å². The first kappa shape index (κ1) is 19.3. The maximum Gasteiger partial charge on any atom is 0.293 e. The number of nitro groups is 1. The van der Waals surface area contributed by atoms with Crippen LogP contribution < -0.4 is 9.64 Å². The van der Waals surface area contributed by atoms with Crippen LogP contribution in [-0.4, -0.2) is 54.8 Å². The highest BCUT2D eigenvalue weighted by Crippen LogP contribution is 2.30. The highest BCUT2D eigenvalue weighted by Gasteiger charge is 2.27. The maximum atomic E-state index is 12.7. The third-order valence-electron chi connectivity index (χ3n) is 4.82. The van der Waals surface area contributed by atoms with Gasteiger partial charge in [-0.1, -0.05) is 0 Å². The lowest BCUT2D eigenvalue weighted by molar-refractivity contribution is -0.384. The number of Topliss-reactive ketones (excluding diaryl/α,β-unsaturated/α-hetero) is 1. The van der Waals surface area contributed by atoms with E-state index in [0.717, 1.165) is 0 Å². The van der Waals surface area contributed by atoms with Gasteiger partial charge in [0.2, 0.25) is 0 Å². The third kappa shape index (κ3) is 3.95. The van der Waals surface area contributed by atoms with Crippen molar-refractivity contribution in [2.75, 3.05) is 38.2 Å². The molecule has 0 spiro atoms. The van der Waals surface area contributed by atoms with Crippen LogP contribution in [0.3, 0.4) is 0 Å². The number of anilines is 1. The minimum absolute atomic E-state index is 0.0799. The van der Waals surface area contributed by atoms with E-state index in [9.17, 15) is 19.7 Å². The van der Waals surface area contributed by atoms with Crippen molar-refractivity contribution in [3.8, 4) is 5.75 Å². The number of ketones is 1. The zero-order chi connectivity index (χ0) is 20.3. The van der Waals surface area contributed by atoms with E-state index >= 15 is 0 Å². The average Bonchev–Trinajstić information content (AvgIpc) is 2.73. The lowest BCUT2D eigenvalue weighted by atomic mass is 10.1. The van der Waals surface area contributed by atoms with Crippen LogP contribution in [0, 0.1) is 10.1 Å². The van der Waals surface area contributed by atoms with Gasteiger partial charge in [0, 0.05) is 43.4 Å². The number of nitro benzene ring substituents is 1. The van der Waals surface area contributed by atoms with Gasteiger partial charge >= 0.3 is 0 Å². The quantitative estimate of drug-likeness (QED) is 0.448. The van der Waals surface area contributed by atoms with Crippen LogP contribution in [0.15, 0.2) is 42.5 Å². The number of rotatable bonds is 5. The SMILES string of the molecule is COc1ccc(C(=O)N2CCN(c3ccc(C(C)=O)cc3[N+](=O)[O-])CC2)cc1. The van der Waals surface area contributed by atoms with E-state index in [1.807, 2.05) is 4.90 Å². The minimum Gasteiger partial charge on any atom is -0.497 e. The Kier molecular flexibility index (Phi) is 5.58. The predicted octanol–water partition coefficient (Wildman–Crippen LogP) is 2.77. The van der Waals surface area contributed by atoms with Crippen molar-refractivity contribution in [1.29, 1.82) is 0 Å². The molecule has 1 aliphatic heterocycles. The Morgan fingerprint density at radius 3 is 2.14 bits per heavy atom. The number of benzene rings is 2. The van der Waals surface area contributed by atoms with E-state index in [2.05, 4.69) is 0 Å². The molecule has 0 saturated carbocycles. The lowest BCUT2D eigenvalue weighted by Crippen LogP contribution is -2.49. The Labute approximate surface area is 162 Å². The average molecular weight is 383 g/mol. The van der Waals surface area contributed by atoms with Crippen molar-refractivity contribution in [1.82, 2.24) is 4.90 Å². The number of hydrogen-bond donors (Lipinski definition) is 0. The van der Waals surface area contributed by atoms with Gasteiger partial charge in [0.05, 0.1) is 12.0 Å². The summed E-state index contributed by atoms with van der Waals surface area (Å²) in [4.78, 5) is 38.7. The fraction of sp³-hybridized carbons (Fsp3) is 0.300. The molecular weight excluding hydrogens is 362 g/mol. The summed E-state index contributed by atoms with van der Waals surface area (Å²) in [6, 6.07) is 11.4. The largest absolute Gasteiger partial charge is 0.497 e. The molecule has 0 aliphatic carbocycles. The van der Waals surface area contributed by atoms with Gasteiger partial charge in [0.1, 0.15) is 11.4 Å². The van der Waals surface area contributed by atoms with Crippen LogP contribution in [0.2, 0.25) is 0 Å². The molecule has 146 valence electrons. The van der Waals surface area contributed by atoms with Gasteiger partial charge in [0.15, 0.2) is 5.78 Å². The summed E-state index contributed by atoms with van der Waals surface area (Å²) in [6.45, 7) is 3.24. The molecule has 2 aromatic carbocycles. The molecule has 0 bridgehead atoms. The van der Waals surface area contributed by atoms with Crippen LogP contribution in [0.4, 0.5) is 11.4 Å². The van der Waals surface area contributed by atoms with Crippen molar-refractivity contribution < 1.29 is 19.2 Å². The van der Waals surface area contributed by atoms with Crippen LogP contribution in [0.25, 0.3) is 0 Å². The second-order valence-corrected chi connectivity index (χ2v) is 6.52. The van der Waals surface area contributed by atoms with E-state index in [1.165, 1.54) is 13.0 Å². The normalized spacial score (nSPS) is 13.9. The summed E-state index contributed by atoms with van der Waals surface area (Å²) in [5, 5.41) is 11.4. The molecule has 0 unspecified atom stereocenters. The number of ether oxygens (including phenoxy) is 1. The maximum absolute atomic E-state index is 12.7. The summed E-state index contributed by atoms with van der Waals surface area (Å²) >= 11 is 0. The van der Waals surface area contributed by atoms with E-state index in [1.54, 1.807) is 48.4 Å². The molecule has 1 saturated heterocycles. The molecule has 2 aromatic rings. The summed E-state index contributed by atoms with van der Waals surface area (Å²) in [5.74, 6) is 0.385. The van der Waals surface area contributed by atoms with Gasteiger partial charge in [-0.05, 0) is 43.3 Å². The monoisotopic (exact) mass is 383 g/mol. The molecule has 8 heteroatoms. The highest BCUT2D eigenvalue weighted by molar-refractivity contribution is 5.96. The lowest BCUT2D eigenvalue weighted by Gasteiger charge is -2.36. The van der Waals surface area contributed by atoms with Crippen molar-refractivity contribution in [3.05, 3.63) is 63.7 Å². The molecule has 28 heavy (non-hydrogen) atoms. The fourth-order valence-electron chi connectivity index (χ4n) is 3.22. The fourth-order valence-corrected chi connectivity index (χ4v) is 3.22. The van der Waals surface area contributed by atoms with Crippen LogP contribution in [0.1, 0.15) is 27.6 Å². The Morgan fingerprint density at radius 2 is 1.61 bits per heavy atom. The Balaban J connectivity index is 1.72. The summed E-state index contributed by atoms with van der Waals surface area (Å²) < 4.78 is 5.10. The van der Waals surface area contributed by atoms with Crippen molar-refractivity contribution in [2.24, 2.45) is 0 Å². The van der Waals surface area contributed by atoms with E-state index < -0.39 is 4.92 Å². The molecule has 1 heterocycles. The number of carbonyl (C=O) groups is 2.